The number of thiophene rings is 1. The highest BCUT2D eigenvalue weighted by Gasteiger charge is 2.34. The molecule has 10 nitrogen and oxygen atoms in total. The van der Waals surface area contributed by atoms with Gasteiger partial charge in [0.15, 0.2) is 0 Å². The normalized spacial score (nSPS) is 19.9. The van der Waals surface area contributed by atoms with Gasteiger partial charge in [0.1, 0.15) is 33.4 Å². The molecule has 1 aliphatic heterocycles. The summed E-state index contributed by atoms with van der Waals surface area (Å²) in [4.78, 5) is 50.9. The Labute approximate surface area is 215 Å². The second-order valence-corrected chi connectivity index (χ2v) is 9.94. The quantitative estimate of drug-likeness (QED) is 0.444. The van der Waals surface area contributed by atoms with Crippen LogP contribution in [0.4, 0.5) is 15.9 Å². The van der Waals surface area contributed by atoms with E-state index >= 15 is 0 Å². The number of imide groups is 1. The van der Waals surface area contributed by atoms with Gasteiger partial charge in [0.2, 0.25) is 0 Å². The van der Waals surface area contributed by atoms with Crippen LogP contribution in [0.5, 0.6) is 5.75 Å². The molecule has 1 aromatic carbocycles. The van der Waals surface area contributed by atoms with E-state index in [1.807, 2.05) is 0 Å². The smallest absolute Gasteiger partial charge is 0.374 e. The highest BCUT2D eigenvalue weighted by molar-refractivity contribution is 7.20. The molecule has 1 saturated heterocycles. The third-order valence-corrected chi connectivity index (χ3v) is 7.72. The molecule has 0 atom stereocenters. The van der Waals surface area contributed by atoms with Gasteiger partial charge in [-0.25, -0.2) is 19.2 Å². The number of aryl methyl sites for hydroxylation is 1. The molecule has 3 aromatic rings. The van der Waals surface area contributed by atoms with Crippen LogP contribution in [0.15, 0.2) is 24.5 Å². The molecule has 2 amide bonds. The van der Waals surface area contributed by atoms with Crippen LogP contribution in [-0.4, -0.2) is 52.1 Å². The SMILES string of the molecule is CO[C@H]1CC[C@H](Oc2cc(F)ccc2Nc2ncnc3sc(C(=O)ON4C(=O)CCC4=O)c(C)c23)CC1. The van der Waals surface area contributed by atoms with Gasteiger partial charge in [-0.1, -0.05) is 0 Å². The lowest BCUT2D eigenvalue weighted by Gasteiger charge is -2.28. The number of carbonyl (C=O) groups excluding carboxylic acids is 3. The van der Waals surface area contributed by atoms with Crippen LogP contribution >= 0.6 is 11.3 Å². The minimum absolute atomic E-state index is 0.00689. The molecule has 2 aliphatic rings. The molecule has 0 radical (unpaired) electrons. The van der Waals surface area contributed by atoms with Gasteiger partial charge in [0.25, 0.3) is 11.8 Å². The Balaban J connectivity index is 1.40. The van der Waals surface area contributed by atoms with E-state index in [9.17, 15) is 18.8 Å². The maximum Gasteiger partial charge on any atom is 0.374 e. The zero-order chi connectivity index (χ0) is 26.1. The van der Waals surface area contributed by atoms with Crippen LogP contribution < -0.4 is 10.1 Å². The monoisotopic (exact) mass is 528 g/mol. The van der Waals surface area contributed by atoms with Crippen molar-refractivity contribution in [3.8, 4) is 5.75 Å². The molecule has 1 saturated carbocycles. The zero-order valence-corrected chi connectivity index (χ0v) is 21.1. The molecule has 1 aliphatic carbocycles. The van der Waals surface area contributed by atoms with Crippen molar-refractivity contribution in [1.29, 1.82) is 0 Å². The van der Waals surface area contributed by atoms with Crippen molar-refractivity contribution in [3.05, 3.63) is 40.8 Å². The first kappa shape index (κ1) is 25.0. The number of benzene rings is 1. The first-order valence-corrected chi connectivity index (χ1v) is 12.7. The average Bonchev–Trinajstić information content (AvgIpc) is 3.40. The first-order chi connectivity index (χ1) is 17.8. The fraction of sp³-hybridized carbons (Fsp3) is 0.400. The minimum Gasteiger partial charge on any atom is -0.488 e. The second kappa shape index (κ2) is 10.4. The van der Waals surface area contributed by atoms with Crippen LogP contribution in [0.25, 0.3) is 10.2 Å². The number of nitrogens with zero attached hydrogens (tertiary/aromatic N) is 3. The Hall–Kier alpha value is -3.64. The molecule has 2 aromatic heterocycles. The number of hydrogen-bond donors (Lipinski definition) is 1. The lowest BCUT2D eigenvalue weighted by Crippen LogP contribution is -2.31. The fourth-order valence-electron chi connectivity index (χ4n) is 4.53. The number of amides is 2. The van der Waals surface area contributed by atoms with Crippen LogP contribution in [-0.2, 0) is 19.2 Å². The lowest BCUT2D eigenvalue weighted by molar-refractivity contribution is -0.172. The lowest BCUT2D eigenvalue weighted by atomic mass is 9.95. The van der Waals surface area contributed by atoms with E-state index in [-0.39, 0.29) is 29.9 Å². The molecule has 12 heteroatoms. The molecular formula is C25H25FN4O6S. The average molecular weight is 529 g/mol. The van der Waals surface area contributed by atoms with Gasteiger partial charge in [-0.15, -0.1) is 16.4 Å². The van der Waals surface area contributed by atoms with Crippen molar-refractivity contribution in [2.24, 2.45) is 0 Å². The number of hydroxylamine groups is 2. The summed E-state index contributed by atoms with van der Waals surface area (Å²) in [7, 11) is 1.70. The van der Waals surface area contributed by atoms with Gasteiger partial charge in [-0.05, 0) is 50.3 Å². The molecule has 0 unspecified atom stereocenters. The summed E-state index contributed by atoms with van der Waals surface area (Å²) in [5.74, 6) is -1.62. The molecule has 0 bridgehead atoms. The predicted molar refractivity (Wildman–Crippen MR) is 132 cm³/mol. The highest BCUT2D eigenvalue weighted by atomic mass is 32.1. The Bertz CT molecular complexity index is 1350. The van der Waals surface area contributed by atoms with Gasteiger partial charge < -0.3 is 19.6 Å². The Morgan fingerprint density at radius 3 is 2.51 bits per heavy atom. The largest absolute Gasteiger partial charge is 0.488 e. The van der Waals surface area contributed by atoms with Gasteiger partial charge in [0.05, 0.1) is 23.3 Å². The third kappa shape index (κ3) is 5.12. The standard InChI is InChI=1S/C25H25FN4O6S/c1-13-21-23(27-12-28-24(21)37-22(13)25(33)36-30-19(31)9-10-20(30)32)29-17-8-3-14(26)11-18(17)35-16-6-4-15(34-2)5-7-16/h3,8,11-12,15-16H,4-7,9-10H2,1-2H3,(H,27,28,29)/t15-,16-. The summed E-state index contributed by atoms with van der Waals surface area (Å²) in [6.07, 6.45) is 4.83. The van der Waals surface area contributed by atoms with Crippen LogP contribution in [0.3, 0.4) is 0 Å². The van der Waals surface area contributed by atoms with E-state index in [4.69, 9.17) is 14.3 Å². The van der Waals surface area contributed by atoms with Crippen LogP contribution in [0.2, 0.25) is 0 Å². The maximum atomic E-state index is 14.1. The first-order valence-electron chi connectivity index (χ1n) is 11.9. The molecule has 5 rings (SSSR count). The summed E-state index contributed by atoms with van der Waals surface area (Å²) in [6.45, 7) is 1.70. The molecule has 3 heterocycles. The van der Waals surface area contributed by atoms with Crippen molar-refractivity contribution >= 4 is 50.8 Å². The summed E-state index contributed by atoms with van der Waals surface area (Å²) in [5.41, 5.74) is 1.04. The summed E-state index contributed by atoms with van der Waals surface area (Å²) in [6, 6.07) is 4.22. The Morgan fingerprint density at radius 1 is 1.11 bits per heavy atom. The van der Waals surface area contributed by atoms with E-state index in [1.165, 1.54) is 18.5 Å². The summed E-state index contributed by atoms with van der Waals surface area (Å²) in [5, 5.41) is 4.28. The molecule has 1 N–H and O–H groups in total. The van der Waals surface area contributed by atoms with E-state index < -0.39 is 23.6 Å². The molecule has 2 fully saturated rings. The second-order valence-electron chi connectivity index (χ2n) is 8.94. The maximum absolute atomic E-state index is 14.1. The summed E-state index contributed by atoms with van der Waals surface area (Å²) >= 11 is 1.06. The third-order valence-electron chi connectivity index (χ3n) is 6.54. The van der Waals surface area contributed by atoms with Crippen LogP contribution in [0, 0.1) is 12.7 Å². The van der Waals surface area contributed by atoms with Gasteiger partial charge in [-0.2, -0.15) is 0 Å². The molecular weight excluding hydrogens is 503 g/mol. The van der Waals surface area contributed by atoms with Gasteiger partial charge in [0, 0.05) is 26.0 Å². The summed E-state index contributed by atoms with van der Waals surface area (Å²) < 4.78 is 25.7. The fourth-order valence-corrected chi connectivity index (χ4v) is 5.55. The van der Waals surface area contributed by atoms with E-state index in [2.05, 4.69) is 15.3 Å². The van der Waals surface area contributed by atoms with E-state index in [1.54, 1.807) is 20.1 Å². The number of ether oxygens (including phenoxy) is 2. The van der Waals surface area contributed by atoms with E-state index in [0.717, 1.165) is 37.0 Å². The molecule has 37 heavy (non-hydrogen) atoms. The number of nitrogens with one attached hydrogen (secondary N) is 1. The van der Waals surface area contributed by atoms with Crippen molar-refractivity contribution < 1.29 is 33.1 Å². The van der Waals surface area contributed by atoms with Crippen molar-refractivity contribution in [2.75, 3.05) is 12.4 Å². The topological polar surface area (TPSA) is 120 Å². The van der Waals surface area contributed by atoms with Crippen molar-refractivity contribution in [3.63, 3.8) is 0 Å². The minimum atomic E-state index is -0.826. The predicted octanol–water partition coefficient (Wildman–Crippen LogP) is 4.44. The highest BCUT2D eigenvalue weighted by Crippen LogP contribution is 2.38. The number of hydrogen-bond acceptors (Lipinski definition) is 10. The van der Waals surface area contributed by atoms with Gasteiger partial charge >= 0.3 is 5.97 Å². The number of methoxy groups -OCH3 is 1. The number of aromatic nitrogens is 2. The van der Waals surface area contributed by atoms with E-state index in [0.29, 0.717) is 38.1 Å². The zero-order valence-electron chi connectivity index (χ0n) is 20.3. The Morgan fingerprint density at radius 2 is 1.81 bits per heavy atom. The number of fused-ring (bicyclic) bond motifs is 1. The van der Waals surface area contributed by atoms with Gasteiger partial charge in [-0.3, -0.25) is 9.59 Å². The Kier molecular flexibility index (Phi) is 7.02. The number of carbonyl (C=O) groups is 3. The van der Waals surface area contributed by atoms with Crippen molar-refractivity contribution in [2.45, 2.75) is 57.7 Å². The molecule has 194 valence electrons. The number of anilines is 2. The van der Waals surface area contributed by atoms with Crippen LogP contribution in [0.1, 0.15) is 53.8 Å². The number of rotatable bonds is 7. The van der Waals surface area contributed by atoms with Crippen molar-refractivity contribution in [1.82, 2.24) is 15.0 Å². The molecule has 0 spiro atoms. The number of halogens is 1.